The molecule has 0 fully saturated rings. The molecule has 0 saturated carbocycles. The number of nitrogens with one attached hydrogen (secondary N) is 1. The Labute approximate surface area is 148 Å². The average Bonchev–Trinajstić information content (AvgIpc) is 2.55. The number of methoxy groups -OCH3 is 1. The van der Waals surface area contributed by atoms with Crippen LogP contribution in [0.3, 0.4) is 0 Å². The molecular formula is C16H11F7N2O2. The number of carbonyl (C=O) groups excluding carboxylic acids is 1. The number of pyridine rings is 1. The Bertz CT molecular complexity index is 803. The summed E-state index contributed by atoms with van der Waals surface area (Å²) in [5.41, 5.74) is -6.35. The van der Waals surface area contributed by atoms with Gasteiger partial charge in [-0.15, -0.1) is 0 Å². The van der Waals surface area contributed by atoms with Crippen LogP contribution in [0.4, 0.5) is 36.4 Å². The lowest BCUT2D eigenvalue weighted by atomic mass is 9.91. The molecule has 1 aromatic carbocycles. The predicted molar refractivity (Wildman–Crippen MR) is 79.4 cm³/mol. The van der Waals surface area contributed by atoms with Crippen molar-refractivity contribution in [3.63, 3.8) is 0 Å². The van der Waals surface area contributed by atoms with E-state index in [1.54, 1.807) is 0 Å². The second-order valence-corrected chi connectivity index (χ2v) is 5.25. The van der Waals surface area contributed by atoms with Crippen LogP contribution in [0, 0.1) is 5.95 Å². The number of hydrogen-bond donors (Lipinski definition) is 1. The monoisotopic (exact) mass is 396 g/mol. The summed E-state index contributed by atoms with van der Waals surface area (Å²) in [4.78, 5) is 15.2. The number of nitrogens with zero attached hydrogens (tertiary/aromatic N) is 1. The van der Waals surface area contributed by atoms with Gasteiger partial charge in [0, 0.05) is 24.6 Å². The first-order chi connectivity index (χ1) is 12.4. The van der Waals surface area contributed by atoms with Crippen LogP contribution in [0.25, 0.3) is 0 Å². The summed E-state index contributed by atoms with van der Waals surface area (Å²) in [6.07, 6.45) is -10.5. The first-order valence-electron chi connectivity index (χ1n) is 7.15. The second-order valence-electron chi connectivity index (χ2n) is 5.25. The molecule has 1 aromatic heterocycles. The van der Waals surface area contributed by atoms with Gasteiger partial charge in [0.25, 0.3) is 11.5 Å². The fraction of sp³-hybridized carbons (Fsp3) is 0.250. The lowest BCUT2D eigenvalue weighted by Crippen LogP contribution is -2.55. The van der Waals surface area contributed by atoms with E-state index in [1.165, 1.54) is 6.07 Å². The van der Waals surface area contributed by atoms with Crippen LogP contribution in [0.2, 0.25) is 0 Å². The maximum absolute atomic E-state index is 13.4. The summed E-state index contributed by atoms with van der Waals surface area (Å²) in [7, 11) is 0.293. The van der Waals surface area contributed by atoms with E-state index < -0.39 is 40.9 Å². The van der Waals surface area contributed by atoms with Gasteiger partial charge in [-0.3, -0.25) is 4.79 Å². The Morgan fingerprint density at radius 3 is 2.00 bits per heavy atom. The van der Waals surface area contributed by atoms with E-state index in [4.69, 9.17) is 0 Å². The Morgan fingerprint density at radius 1 is 1.00 bits per heavy atom. The predicted octanol–water partition coefficient (Wildman–Crippen LogP) is 4.44. The van der Waals surface area contributed by atoms with Crippen molar-refractivity contribution in [2.24, 2.45) is 0 Å². The molecular weight excluding hydrogens is 385 g/mol. The summed E-state index contributed by atoms with van der Waals surface area (Å²) >= 11 is 0. The summed E-state index contributed by atoms with van der Waals surface area (Å²) in [6, 6.07) is 5.04. The highest BCUT2D eigenvalue weighted by Crippen LogP contribution is 2.52. The van der Waals surface area contributed by atoms with Crippen molar-refractivity contribution in [2.75, 3.05) is 12.4 Å². The van der Waals surface area contributed by atoms with Crippen LogP contribution in [0.5, 0.6) is 0 Å². The van der Waals surface area contributed by atoms with Gasteiger partial charge in [-0.1, -0.05) is 12.1 Å². The first-order valence-corrected chi connectivity index (χ1v) is 7.15. The zero-order valence-electron chi connectivity index (χ0n) is 13.5. The fourth-order valence-electron chi connectivity index (χ4n) is 2.38. The molecule has 4 nitrogen and oxygen atoms in total. The van der Waals surface area contributed by atoms with Crippen LogP contribution in [0.15, 0.2) is 42.6 Å². The van der Waals surface area contributed by atoms with E-state index in [0.29, 0.717) is 19.2 Å². The van der Waals surface area contributed by atoms with E-state index in [-0.39, 0.29) is 5.69 Å². The van der Waals surface area contributed by atoms with Crippen molar-refractivity contribution in [1.82, 2.24) is 4.98 Å². The van der Waals surface area contributed by atoms with Crippen molar-refractivity contribution in [3.05, 3.63) is 59.7 Å². The van der Waals surface area contributed by atoms with Crippen LogP contribution >= 0.6 is 0 Å². The Morgan fingerprint density at radius 2 is 1.56 bits per heavy atom. The molecule has 146 valence electrons. The van der Waals surface area contributed by atoms with Crippen molar-refractivity contribution in [1.29, 1.82) is 0 Å². The van der Waals surface area contributed by atoms with E-state index in [9.17, 15) is 35.5 Å². The molecule has 2 aromatic rings. The second kappa shape index (κ2) is 7.14. The molecule has 11 heteroatoms. The molecule has 0 unspecified atom stereocenters. The number of halogens is 7. The topological polar surface area (TPSA) is 51.2 Å². The van der Waals surface area contributed by atoms with E-state index in [2.05, 4.69) is 15.0 Å². The Balaban J connectivity index is 2.35. The minimum absolute atomic E-state index is 0.152. The van der Waals surface area contributed by atoms with Gasteiger partial charge in [0.05, 0.1) is 5.56 Å². The van der Waals surface area contributed by atoms with Crippen molar-refractivity contribution < 1.29 is 40.3 Å². The highest BCUT2D eigenvalue weighted by molar-refractivity contribution is 6.04. The molecule has 1 heterocycles. The molecule has 0 radical (unpaired) electrons. The van der Waals surface area contributed by atoms with Crippen LogP contribution in [0.1, 0.15) is 15.9 Å². The number of anilines is 1. The zero-order valence-corrected chi connectivity index (χ0v) is 13.5. The number of ether oxygens (including phenoxy) is 1. The number of rotatable bonds is 4. The fourth-order valence-corrected chi connectivity index (χ4v) is 2.38. The van der Waals surface area contributed by atoms with Crippen molar-refractivity contribution in [2.45, 2.75) is 18.0 Å². The van der Waals surface area contributed by atoms with Gasteiger partial charge < -0.3 is 10.1 Å². The van der Waals surface area contributed by atoms with E-state index in [0.717, 1.165) is 24.4 Å². The van der Waals surface area contributed by atoms with Crippen LogP contribution in [-0.2, 0) is 10.3 Å². The normalized spacial score (nSPS) is 12.7. The molecule has 1 N–H and O–H groups in total. The SMILES string of the molecule is COC(c1ccc(NC(=O)c2cccnc2F)cc1)(C(F)(F)F)C(F)(F)F. The Hall–Kier alpha value is -2.69. The summed E-state index contributed by atoms with van der Waals surface area (Å²) in [6.45, 7) is 0. The standard InChI is InChI=1S/C16H11F7N2O2/c1-27-14(15(18,19)20,16(21,22)23)9-4-6-10(7-5-9)25-13(26)11-3-2-8-24-12(11)17/h2-8H,1H3,(H,25,26). The minimum Gasteiger partial charge on any atom is -0.357 e. The van der Waals surface area contributed by atoms with Crippen LogP contribution < -0.4 is 5.32 Å². The summed E-state index contributed by atoms with van der Waals surface area (Å²) in [5, 5.41) is 2.15. The zero-order chi connectivity index (χ0) is 20.5. The van der Waals surface area contributed by atoms with Crippen molar-refractivity contribution in [3.8, 4) is 0 Å². The van der Waals surface area contributed by atoms with Gasteiger partial charge in [-0.25, -0.2) is 4.98 Å². The molecule has 2 rings (SSSR count). The third-order valence-electron chi connectivity index (χ3n) is 3.66. The summed E-state index contributed by atoms with van der Waals surface area (Å²) in [5.74, 6) is -2.06. The highest BCUT2D eigenvalue weighted by atomic mass is 19.4. The van der Waals surface area contributed by atoms with Crippen LogP contribution in [-0.4, -0.2) is 30.4 Å². The molecule has 27 heavy (non-hydrogen) atoms. The number of alkyl halides is 6. The summed E-state index contributed by atoms with van der Waals surface area (Å²) < 4.78 is 96.3. The largest absolute Gasteiger partial charge is 0.430 e. The van der Waals surface area contributed by atoms with Crippen molar-refractivity contribution >= 4 is 11.6 Å². The van der Waals surface area contributed by atoms with Gasteiger partial charge in [0.2, 0.25) is 5.95 Å². The van der Waals surface area contributed by atoms with Gasteiger partial charge in [-0.05, 0) is 24.3 Å². The first kappa shape index (κ1) is 20.6. The smallest absolute Gasteiger partial charge is 0.357 e. The molecule has 0 saturated heterocycles. The minimum atomic E-state index is -5.79. The molecule has 0 spiro atoms. The maximum atomic E-state index is 13.4. The molecule has 0 aliphatic rings. The third kappa shape index (κ3) is 3.72. The molecule has 1 amide bonds. The number of carbonyl (C=O) groups is 1. The average molecular weight is 396 g/mol. The highest BCUT2D eigenvalue weighted by Gasteiger charge is 2.72. The van der Waals surface area contributed by atoms with E-state index in [1.807, 2.05) is 0 Å². The van der Waals surface area contributed by atoms with Gasteiger partial charge in [0.15, 0.2) is 0 Å². The molecule has 0 atom stereocenters. The number of amides is 1. The molecule has 0 aliphatic carbocycles. The molecule has 0 aliphatic heterocycles. The quantitative estimate of drug-likeness (QED) is 0.614. The van der Waals surface area contributed by atoms with Gasteiger partial charge in [0.1, 0.15) is 0 Å². The number of aromatic nitrogens is 1. The maximum Gasteiger partial charge on any atom is 0.430 e. The number of hydrogen-bond acceptors (Lipinski definition) is 3. The Kier molecular flexibility index (Phi) is 5.45. The van der Waals surface area contributed by atoms with Gasteiger partial charge in [-0.2, -0.15) is 30.7 Å². The lowest BCUT2D eigenvalue weighted by Gasteiger charge is -2.36. The van der Waals surface area contributed by atoms with Gasteiger partial charge >= 0.3 is 12.4 Å². The third-order valence-corrected chi connectivity index (χ3v) is 3.66. The number of benzene rings is 1. The van der Waals surface area contributed by atoms with E-state index >= 15 is 0 Å². The lowest BCUT2D eigenvalue weighted by molar-refractivity contribution is -0.383. The molecule has 0 bridgehead atoms.